The lowest BCUT2D eigenvalue weighted by Crippen LogP contribution is -2.38. The number of anilines is 1. The molecule has 0 saturated carbocycles. The second kappa shape index (κ2) is 13.5. The van der Waals surface area contributed by atoms with Gasteiger partial charge in [-0.05, 0) is 79.9 Å². The number of likely N-dealkylation sites (tertiary alicyclic amines) is 1. The van der Waals surface area contributed by atoms with Gasteiger partial charge in [0.25, 0.3) is 5.91 Å². The average molecular weight is 592 g/mol. The number of methoxy groups -OCH3 is 1. The minimum Gasteiger partial charge on any atom is -0.496 e. The molecule has 0 spiro atoms. The second-order valence-electron chi connectivity index (χ2n) is 10.6. The van der Waals surface area contributed by atoms with E-state index < -0.39 is 0 Å². The molecule has 0 bridgehead atoms. The molecule has 0 aromatic heterocycles. The molecular formula is C32H39BrN4O2. The number of rotatable bonds is 6. The Kier molecular flexibility index (Phi) is 9.56. The summed E-state index contributed by atoms with van der Waals surface area (Å²) in [6, 6.07) is 22.8. The van der Waals surface area contributed by atoms with Crippen LogP contribution in [0.3, 0.4) is 0 Å². The molecule has 6 nitrogen and oxygen atoms in total. The first-order valence-electron chi connectivity index (χ1n) is 14.1. The smallest absolute Gasteiger partial charge is 0.254 e. The van der Waals surface area contributed by atoms with Crippen LogP contribution < -0.4 is 10.1 Å². The fourth-order valence-electron chi connectivity index (χ4n) is 5.62. The van der Waals surface area contributed by atoms with Crippen LogP contribution in [0.2, 0.25) is 0 Å². The van der Waals surface area contributed by atoms with Crippen molar-refractivity contribution in [2.75, 3.05) is 51.7 Å². The van der Waals surface area contributed by atoms with Gasteiger partial charge in [0.05, 0.1) is 7.11 Å². The number of hydrogen-bond acceptors (Lipinski definition) is 5. The van der Waals surface area contributed by atoms with E-state index in [2.05, 4.69) is 79.6 Å². The Morgan fingerprint density at radius 2 is 1.64 bits per heavy atom. The summed E-state index contributed by atoms with van der Waals surface area (Å²) in [4.78, 5) is 21.0. The summed E-state index contributed by atoms with van der Waals surface area (Å²) < 4.78 is 6.70. The fraction of sp³-hybridized carbons (Fsp3) is 0.406. The molecule has 0 radical (unpaired) electrons. The molecule has 0 unspecified atom stereocenters. The predicted octanol–water partition coefficient (Wildman–Crippen LogP) is 6.01. The van der Waals surface area contributed by atoms with E-state index in [1.165, 1.54) is 18.4 Å². The Bertz CT molecular complexity index is 1250. The van der Waals surface area contributed by atoms with Gasteiger partial charge in [-0.25, -0.2) is 0 Å². The van der Waals surface area contributed by atoms with Crippen LogP contribution in [0.4, 0.5) is 5.69 Å². The number of hydrogen-bond donors (Lipinski definition) is 1. The molecule has 2 aliphatic heterocycles. The highest BCUT2D eigenvalue weighted by Gasteiger charge is 2.22. The summed E-state index contributed by atoms with van der Waals surface area (Å²) in [6.07, 6.45) is 3.50. The number of nitrogens with one attached hydrogen (secondary N) is 1. The Balaban J connectivity index is 1.41. The zero-order valence-corrected chi connectivity index (χ0v) is 24.5. The molecule has 3 aromatic carbocycles. The highest BCUT2D eigenvalue weighted by molar-refractivity contribution is 9.10. The van der Waals surface area contributed by atoms with E-state index >= 15 is 0 Å². The predicted molar refractivity (Wildman–Crippen MR) is 161 cm³/mol. The topological polar surface area (TPSA) is 48.1 Å². The van der Waals surface area contributed by atoms with Crippen molar-refractivity contribution in [3.05, 3.63) is 93.5 Å². The highest BCUT2D eigenvalue weighted by Crippen LogP contribution is 2.27. The number of fused-ring (bicyclic) bond motifs is 1. The largest absolute Gasteiger partial charge is 0.496 e. The number of nitrogens with zero attached hydrogens (tertiary/aromatic N) is 3. The summed E-state index contributed by atoms with van der Waals surface area (Å²) in [6.45, 7) is 7.79. The van der Waals surface area contributed by atoms with Crippen LogP contribution in [0, 0.1) is 0 Å². The van der Waals surface area contributed by atoms with Crippen molar-refractivity contribution in [3.8, 4) is 5.75 Å². The summed E-state index contributed by atoms with van der Waals surface area (Å²) in [5.74, 6) is 0.911. The number of ether oxygens (including phenoxy) is 1. The quantitative estimate of drug-likeness (QED) is 0.381. The van der Waals surface area contributed by atoms with Crippen molar-refractivity contribution in [2.24, 2.45) is 0 Å². The van der Waals surface area contributed by atoms with Gasteiger partial charge < -0.3 is 15.0 Å². The van der Waals surface area contributed by atoms with E-state index in [9.17, 15) is 4.79 Å². The van der Waals surface area contributed by atoms with Crippen molar-refractivity contribution < 1.29 is 9.53 Å². The van der Waals surface area contributed by atoms with Crippen molar-refractivity contribution >= 4 is 27.5 Å². The molecular weight excluding hydrogens is 552 g/mol. The third-order valence-electron chi connectivity index (χ3n) is 7.74. The van der Waals surface area contributed by atoms with Crippen LogP contribution in [0.15, 0.2) is 71.2 Å². The van der Waals surface area contributed by atoms with Gasteiger partial charge in [0.1, 0.15) is 5.75 Å². The molecule has 206 valence electrons. The van der Waals surface area contributed by atoms with Gasteiger partial charge >= 0.3 is 0 Å². The number of amides is 1. The van der Waals surface area contributed by atoms with E-state index in [1.54, 1.807) is 7.11 Å². The average Bonchev–Trinajstić information content (AvgIpc) is 3.46. The standard InChI is InChI=1S/C32H39BrN4O2/c1-39-31-13-10-26(20-28(31)23-35-15-5-6-16-35)32(38)37-19-18-36(22-25-8-3-2-4-9-25)17-7-14-34-30-12-11-29(33)21-27(30)24-37/h2-4,8-13,20-21,34H,5-7,14-19,22-24H2,1H3. The van der Waals surface area contributed by atoms with Gasteiger partial charge in [-0.2, -0.15) is 0 Å². The van der Waals surface area contributed by atoms with E-state index in [0.29, 0.717) is 13.1 Å². The van der Waals surface area contributed by atoms with E-state index in [4.69, 9.17) is 4.74 Å². The lowest BCUT2D eigenvalue weighted by atomic mass is 10.1. The second-order valence-corrected chi connectivity index (χ2v) is 11.5. The highest BCUT2D eigenvalue weighted by atomic mass is 79.9. The summed E-state index contributed by atoms with van der Waals surface area (Å²) in [5.41, 5.74) is 5.32. The zero-order chi connectivity index (χ0) is 27.0. The van der Waals surface area contributed by atoms with Gasteiger partial charge in [0.15, 0.2) is 0 Å². The third kappa shape index (κ3) is 7.41. The minimum atomic E-state index is 0.0603. The van der Waals surface area contributed by atoms with Gasteiger partial charge in [-0.15, -0.1) is 0 Å². The molecule has 1 saturated heterocycles. The van der Waals surface area contributed by atoms with Crippen LogP contribution in [0.25, 0.3) is 0 Å². The van der Waals surface area contributed by atoms with Gasteiger partial charge in [0, 0.05) is 67.1 Å². The Morgan fingerprint density at radius 3 is 2.44 bits per heavy atom. The molecule has 2 aliphatic rings. The molecule has 3 aromatic rings. The maximum Gasteiger partial charge on any atom is 0.254 e. The number of benzene rings is 3. The summed E-state index contributed by atoms with van der Waals surface area (Å²) >= 11 is 3.64. The first kappa shape index (κ1) is 27.7. The molecule has 0 aliphatic carbocycles. The number of carbonyl (C=O) groups is 1. The van der Waals surface area contributed by atoms with E-state index in [0.717, 1.165) is 84.8 Å². The maximum absolute atomic E-state index is 14.1. The van der Waals surface area contributed by atoms with Crippen molar-refractivity contribution in [2.45, 2.75) is 38.9 Å². The van der Waals surface area contributed by atoms with E-state index in [-0.39, 0.29) is 5.91 Å². The van der Waals surface area contributed by atoms with Crippen molar-refractivity contribution in [1.29, 1.82) is 0 Å². The van der Waals surface area contributed by atoms with Gasteiger partial charge in [0.2, 0.25) is 0 Å². The molecule has 39 heavy (non-hydrogen) atoms. The monoisotopic (exact) mass is 590 g/mol. The molecule has 2 heterocycles. The first-order chi connectivity index (χ1) is 19.1. The zero-order valence-electron chi connectivity index (χ0n) is 22.9. The van der Waals surface area contributed by atoms with Crippen LogP contribution in [0.1, 0.15) is 46.3 Å². The van der Waals surface area contributed by atoms with Crippen molar-refractivity contribution in [3.63, 3.8) is 0 Å². The van der Waals surface area contributed by atoms with Crippen LogP contribution in [-0.2, 0) is 19.6 Å². The Morgan fingerprint density at radius 1 is 0.872 bits per heavy atom. The first-order valence-corrected chi connectivity index (χ1v) is 14.9. The lowest BCUT2D eigenvalue weighted by Gasteiger charge is -2.28. The SMILES string of the molecule is COc1ccc(C(=O)N2CCN(Cc3ccccc3)CCCNc3ccc(Br)cc3C2)cc1CN1CCCC1. The summed E-state index contributed by atoms with van der Waals surface area (Å²) in [5, 5.41) is 3.63. The lowest BCUT2D eigenvalue weighted by molar-refractivity contribution is 0.0720. The number of halogens is 1. The van der Waals surface area contributed by atoms with Gasteiger partial charge in [-0.1, -0.05) is 46.3 Å². The van der Waals surface area contributed by atoms with E-state index in [1.807, 2.05) is 23.1 Å². The normalized spacial score (nSPS) is 17.2. The fourth-order valence-corrected chi connectivity index (χ4v) is 6.03. The van der Waals surface area contributed by atoms with Gasteiger partial charge in [-0.3, -0.25) is 14.6 Å². The molecule has 0 atom stereocenters. The van der Waals surface area contributed by atoms with Crippen molar-refractivity contribution in [1.82, 2.24) is 14.7 Å². The maximum atomic E-state index is 14.1. The van der Waals surface area contributed by atoms with Crippen LogP contribution in [0.5, 0.6) is 5.75 Å². The molecule has 1 amide bonds. The third-order valence-corrected chi connectivity index (χ3v) is 8.23. The number of carbonyl (C=O) groups excluding carboxylic acids is 1. The Labute approximate surface area is 241 Å². The van der Waals surface area contributed by atoms with Crippen LogP contribution >= 0.6 is 15.9 Å². The van der Waals surface area contributed by atoms with Crippen LogP contribution in [-0.4, -0.2) is 67.0 Å². The summed E-state index contributed by atoms with van der Waals surface area (Å²) in [7, 11) is 1.71. The minimum absolute atomic E-state index is 0.0603. The molecule has 5 rings (SSSR count). The molecule has 7 heteroatoms. The molecule has 1 fully saturated rings. The Hall–Kier alpha value is -2.87. The molecule has 1 N–H and O–H groups in total.